The zero-order valence-electron chi connectivity index (χ0n) is 18.5. The lowest BCUT2D eigenvalue weighted by Gasteiger charge is -2.34. The van der Waals surface area contributed by atoms with Gasteiger partial charge < -0.3 is 20.0 Å². The lowest BCUT2D eigenvalue weighted by Crippen LogP contribution is -2.50. The van der Waals surface area contributed by atoms with Crippen LogP contribution in [0.5, 0.6) is 0 Å². The highest BCUT2D eigenvalue weighted by atomic mass is 79.9. The van der Waals surface area contributed by atoms with E-state index < -0.39 is 0 Å². The van der Waals surface area contributed by atoms with Gasteiger partial charge in [-0.1, -0.05) is 0 Å². The minimum absolute atomic E-state index is 0.0238. The highest BCUT2D eigenvalue weighted by molar-refractivity contribution is 9.11. The third-order valence-electron chi connectivity index (χ3n) is 6.02. The van der Waals surface area contributed by atoms with Crippen molar-refractivity contribution in [1.82, 2.24) is 15.1 Å². The molecule has 1 aromatic heterocycles. The Hall–Kier alpha value is -2.72. The number of hydrogen-bond acceptors (Lipinski definition) is 5. The van der Waals surface area contributed by atoms with Crippen LogP contribution in [0.15, 0.2) is 34.1 Å². The predicted molar refractivity (Wildman–Crippen MR) is 130 cm³/mol. The first-order chi connectivity index (χ1) is 15.7. The van der Waals surface area contributed by atoms with Crippen LogP contribution < -0.4 is 10.2 Å². The van der Waals surface area contributed by atoms with E-state index in [1.807, 2.05) is 19.1 Å². The van der Waals surface area contributed by atoms with Crippen molar-refractivity contribution in [3.05, 3.63) is 50.1 Å². The zero-order valence-corrected chi connectivity index (χ0v) is 20.9. The zero-order chi connectivity index (χ0) is 23.7. The van der Waals surface area contributed by atoms with Crippen molar-refractivity contribution in [2.45, 2.75) is 26.3 Å². The highest BCUT2D eigenvalue weighted by Gasteiger charge is 2.32. The molecule has 0 aliphatic carbocycles. The van der Waals surface area contributed by atoms with Crippen molar-refractivity contribution in [3.8, 4) is 0 Å². The first-order valence-corrected chi connectivity index (χ1v) is 12.4. The first-order valence-electron chi connectivity index (χ1n) is 10.7. The fourth-order valence-corrected chi connectivity index (χ4v) is 5.49. The quantitative estimate of drug-likeness (QED) is 0.655. The minimum Gasteiger partial charge on any atom is -0.346 e. The lowest BCUT2D eigenvalue weighted by molar-refractivity contribution is -0.130. The van der Waals surface area contributed by atoms with Gasteiger partial charge in [0, 0.05) is 57.3 Å². The summed E-state index contributed by atoms with van der Waals surface area (Å²) in [5.41, 5.74) is 2.09. The third-order valence-corrected chi connectivity index (χ3v) is 7.64. The number of nitrogens with zero attached hydrogens (tertiary/aromatic N) is 3. The van der Waals surface area contributed by atoms with E-state index in [-0.39, 0.29) is 36.1 Å². The summed E-state index contributed by atoms with van der Waals surface area (Å²) in [5, 5.41) is 2.94. The molecule has 2 aliphatic heterocycles. The Morgan fingerprint density at radius 3 is 2.36 bits per heavy atom. The average molecular weight is 533 g/mol. The van der Waals surface area contributed by atoms with E-state index in [4.69, 9.17) is 0 Å². The molecule has 0 saturated carbocycles. The van der Waals surface area contributed by atoms with E-state index in [0.29, 0.717) is 48.9 Å². The van der Waals surface area contributed by atoms with Crippen molar-refractivity contribution < 1.29 is 19.2 Å². The van der Waals surface area contributed by atoms with Crippen LogP contribution in [0, 0.1) is 6.92 Å². The predicted octanol–water partition coefficient (Wildman–Crippen LogP) is 2.66. The van der Waals surface area contributed by atoms with Crippen LogP contribution in [0.2, 0.25) is 0 Å². The Labute approximate surface area is 204 Å². The van der Waals surface area contributed by atoms with E-state index in [0.717, 1.165) is 9.35 Å². The highest BCUT2D eigenvalue weighted by Crippen LogP contribution is 2.26. The molecule has 0 spiro atoms. The molecule has 3 heterocycles. The molecule has 1 N–H and O–H groups in total. The van der Waals surface area contributed by atoms with Gasteiger partial charge in [0.25, 0.3) is 11.8 Å². The number of benzene rings is 1. The molecule has 2 aliphatic rings. The SMILES string of the molecule is CC(=O)N1CCN(C(=O)c2ccc(N3CC(NC(=O)c4ccc(Br)s4)CC3=O)cc2C)CC1. The van der Waals surface area contributed by atoms with Crippen LogP contribution in [0.4, 0.5) is 5.69 Å². The molecule has 0 bridgehead atoms. The van der Waals surface area contributed by atoms with Gasteiger partial charge in [0.15, 0.2) is 0 Å². The van der Waals surface area contributed by atoms with Crippen LogP contribution >= 0.6 is 27.3 Å². The smallest absolute Gasteiger partial charge is 0.261 e. The monoisotopic (exact) mass is 532 g/mol. The van der Waals surface area contributed by atoms with E-state index in [9.17, 15) is 19.2 Å². The van der Waals surface area contributed by atoms with E-state index in [2.05, 4.69) is 21.2 Å². The summed E-state index contributed by atoms with van der Waals surface area (Å²) in [7, 11) is 0. The summed E-state index contributed by atoms with van der Waals surface area (Å²) < 4.78 is 0.877. The van der Waals surface area contributed by atoms with Gasteiger partial charge in [0.2, 0.25) is 11.8 Å². The molecule has 174 valence electrons. The number of amides is 4. The Balaban J connectivity index is 1.40. The second kappa shape index (κ2) is 9.64. The number of rotatable bonds is 4. The number of thiophene rings is 1. The normalized spacial score (nSPS) is 18.6. The number of anilines is 1. The number of halogens is 1. The van der Waals surface area contributed by atoms with Gasteiger partial charge >= 0.3 is 0 Å². The molecule has 4 rings (SSSR count). The molecule has 8 nitrogen and oxygen atoms in total. The number of hydrogen-bond donors (Lipinski definition) is 1. The van der Waals surface area contributed by atoms with Gasteiger partial charge in [0.1, 0.15) is 0 Å². The van der Waals surface area contributed by atoms with Gasteiger partial charge in [-0.2, -0.15) is 0 Å². The number of piperazine rings is 1. The summed E-state index contributed by atoms with van der Waals surface area (Å²) >= 11 is 4.70. The molecule has 1 aromatic carbocycles. The fraction of sp³-hybridized carbons (Fsp3) is 0.391. The molecule has 1 atom stereocenters. The lowest BCUT2D eigenvalue weighted by atomic mass is 10.1. The molecule has 4 amide bonds. The number of aryl methyl sites for hydroxylation is 1. The number of nitrogens with one attached hydrogen (secondary N) is 1. The summed E-state index contributed by atoms with van der Waals surface area (Å²) in [6, 6.07) is 8.68. The second-order valence-corrected chi connectivity index (χ2v) is 10.7. The Morgan fingerprint density at radius 1 is 1.06 bits per heavy atom. The van der Waals surface area contributed by atoms with Gasteiger partial charge in [-0.05, 0) is 58.7 Å². The standard InChI is InChI=1S/C23H25BrN4O4S/c1-14-11-17(3-4-18(14)23(32)27-9-7-26(8-10-27)15(2)29)28-13-16(12-21(28)30)25-22(31)19-5-6-20(24)33-19/h3-6,11,16H,7-10,12-13H2,1-2H3,(H,25,31). The topological polar surface area (TPSA) is 90.0 Å². The Morgan fingerprint density at radius 2 is 1.76 bits per heavy atom. The van der Waals surface area contributed by atoms with Crippen molar-refractivity contribution >= 4 is 56.6 Å². The van der Waals surface area contributed by atoms with Crippen LogP contribution in [0.1, 0.15) is 38.9 Å². The summed E-state index contributed by atoms with van der Waals surface area (Å²) in [5.74, 6) is -0.295. The maximum atomic E-state index is 13.0. The van der Waals surface area contributed by atoms with Crippen molar-refractivity contribution in [3.63, 3.8) is 0 Å². The summed E-state index contributed by atoms with van der Waals surface area (Å²) in [6.07, 6.45) is 0.235. The first kappa shape index (κ1) is 23.4. The minimum atomic E-state index is -0.273. The van der Waals surface area contributed by atoms with Crippen LogP contribution in [0.25, 0.3) is 0 Å². The Kier molecular flexibility index (Phi) is 6.85. The van der Waals surface area contributed by atoms with Crippen molar-refractivity contribution in [2.75, 3.05) is 37.6 Å². The average Bonchev–Trinajstić information content (AvgIpc) is 3.38. The van der Waals surface area contributed by atoms with E-state index in [1.165, 1.54) is 18.3 Å². The summed E-state index contributed by atoms with van der Waals surface area (Å²) in [4.78, 5) is 55.3. The van der Waals surface area contributed by atoms with E-state index >= 15 is 0 Å². The van der Waals surface area contributed by atoms with Crippen LogP contribution in [-0.2, 0) is 9.59 Å². The molecular formula is C23H25BrN4O4S. The van der Waals surface area contributed by atoms with Gasteiger partial charge in [-0.25, -0.2) is 0 Å². The molecule has 10 heteroatoms. The van der Waals surface area contributed by atoms with Crippen molar-refractivity contribution in [2.24, 2.45) is 0 Å². The molecule has 2 saturated heterocycles. The van der Waals surface area contributed by atoms with Gasteiger partial charge in [-0.15, -0.1) is 11.3 Å². The third kappa shape index (κ3) is 5.11. The van der Waals surface area contributed by atoms with E-state index in [1.54, 1.807) is 32.9 Å². The molecule has 2 fully saturated rings. The summed E-state index contributed by atoms with van der Waals surface area (Å²) in [6.45, 7) is 5.87. The largest absolute Gasteiger partial charge is 0.346 e. The molecular weight excluding hydrogens is 508 g/mol. The van der Waals surface area contributed by atoms with Crippen LogP contribution in [0.3, 0.4) is 0 Å². The van der Waals surface area contributed by atoms with Crippen LogP contribution in [-0.4, -0.2) is 72.2 Å². The maximum absolute atomic E-state index is 13.0. The Bertz CT molecular complexity index is 1110. The van der Waals surface area contributed by atoms with Gasteiger partial charge in [0.05, 0.1) is 14.7 Å². The molecule has 0 radical (unpaired) electrons. The number of carbonyl (C=O) groups is 4. The molecule has 1 unspecified atom stereocenters. The fourth-order valence-electron chi connectivity index (χ4n) is 4.20. The van der Waals surface area contributed by atoms with Crippen molar-refractivity contribution in [1.29, 1.82) is 0 Å². The second-order valence-electron chi connectivity index (χ2n) is 8.28. The number of carbonyl (C=O) groups excluding carboxylic acids is 4. The maximum Gasteiger partial charge on any atom is 0.261 e. The molecule has 33 heavy (non-hydrogen) atoms. The van der Waals surface area contributed by atoms with Gasteiger partial charge in [-0.3, -0.25) is 19.2 Å². The molecule has 2 aromatic rings.